The third-order valence-corrected chi connectivity index (χ3v) is 8.47. The van der Waals surface area contributed by atoms with Gasteiger partial charge < -0.3 is 15.0 Å². The molecule has 0 aliphatic carbocycles. The average molecular weight is 635 g/mol. The van der Waals surface area contributed by atoms with Crippen LogP contribution in [0, 0.1) is 0 Å². The largest absolute Gasteiger partial charge is 0.494 e. The maximum absolute atomic E-state index is 14.2. The molecule has 42 heavy (non-hydrogen) atoms. The summed E-state index contributed by atoms with van der Waals surface area (Å²) in [5.74, 6) is -0.344. The highest BCUT2D eigenvalue weighted by atomic mass is 35.5. The minimum Gasteiger partial charge on any atom is -0.494 e. The number of carbonyl (C=O) groups is 2. The molecule has 3 aromatic rings. The standard InChI is InChI=1S/C31H37Cl2N3O5S/c1-5-22(3)34-31(38)29(18-23-10-8-7-9-11-23)35(20-24-12-13-25(32)19-28(24)33)30(37)21-36(42(4,39)40)26-14-16-27(17-15-26)41-6-2/h7-17,19,22,29H,5-6,18,20-21H2,1-4H3,(H,34,38)/t22-,29-/m1/s1. The number of nitrogens with one attached hydrogen (secondary N) is 1. The average Bonchev–Trinajstić information content (AvgIpc) is 2.95. The van der Waals surface area contributed by atoms with E-state index in [1.54, 1.807) is 42.5 Å². The van der Waals surface area contributed by atoms with Crippen molar-refractivity contribution in [2.24, 2.45) is 0 Å². The number of carbonyl (C=O) groups excluding carboxylic acids is 2. The van der Waals surface area contributed by atoms with Gasteiger partial charge in [0.2, 0.25) is 21.8 Å². The Morgan fingerprint density at radius 1 is 0.976 bits per heavy atom. The zero-order chi connectivity index (χ0) is 30.9. The summed E-state index contributed by atoms with van der Waals surface area (Å²) in [7, 11) is -3.89. The van der Waals surface area contributed by atoms with Crippen LogP contribution in [-0.2, 0) is 32.6 Å². The van der Waals surface area contributed by atoms with E-state index in [0.29, 0.717) is 40.1 Å². The third-order valence-electron chi connectivity index (χ3n) is 6.74. The number of nitrogens with zero attached hydrogens (tertiary/aromatic N) is 2. The Morgan fingerprint density at radius 3 is 2.21 bits per heavy atom. The van der Waals surface area contributed by atoms with Gasteiger partial charge in [0.25, 0.3) is 0 Å². The van der Waals surface area contributed by atoms with Gasteiger partial charge >= 0.3 is 0 Å². The van der Waals surface area contributed by atoms with E-state index in [1.807, 2.05) is 51.1 Å². The third kappa shape index (κ3) is 9.37. The first-order valence-electron chi connectivity index (χ1n) is 13.7. The fraction of sp³-hybridized carbons (Fsp3) is 0.355. The Hall–Kier alpha value is -3.27. The van der Waals surface area contributed by atoms with Gasteiger partial charge in [-0.2, -0.15) is 0 Å². The van der Waals surface area contributed by atoms with Crippen molar-refractivity contribution in [2.45, 2.75) is 52.2 Å². The molecule has 0 bridgehead atoms. The molecule has 11 heteroatoms. The molecule has 226 valence electrons. The fourth-order valence-corrected chi connectivity index (χ4v) is 5.64. The molecule has 0 heterocycles. The van der Waals surface area contributed by atoms with Crippen LogP contribution in [0.15, 0.2) is 72.8 Å². The van der Waals surface area contributed by atoms with E-state index < -0.39 is 28.5 Å². The summed E-state index contributed by atoms with van der Waals surface area (Å²) in [6.45, 7) is 5.57. The Morgan fingerprint density at radius 2 is 1.64 bits per heavy atom. The topological polar surface area (TPSA) is 96.0 Å². The lowest BCUT2D eigenvalue weighted by Gasteiger charge is -2.34. The number of anilines is 1. The van der Waals surface area contributed by atoms with Crippen LogP contribution in [-0.4, -0.2) is 56.6 Å². The molecule has 0 aromatic heterocycles. The summed E-state index contributed by atoms with van der Waals surface area (Å²) in [5, 5.41) is 3.75. The molecule has 3 aromatic carbocycles. The van der Waals surface area contributed by atoms with Crippen molar-refractivity contribution in [3.05, 3.63) is 94.0 Å². The van der Waals surface area contributed by atoms with Gasteiger partial charge in [0.15, 0.2) is 0 Å². The van der Waals surface area contributed by atoms with Gasteiger partial charge in [-0.05, 0) is 67.8 Å². The Balaban J connectivity index is 2.07. The van der Waals surface area contributed by atoms with Crippen molar-refractivity contribution in [1.82, 2.24) is 10.2 Å². The highest BCUT2D eigenvalue weighted by Gasteiger charge is 2.33. The number of hydrogen-bond donors (Lipinski definition) is 1. The molecule has 0 saturated carbocycles. The second kappa shape index (κ2) is 15.3. The first kappa shape index (κ1) is 33.2. The van der Waals surface area contributed by atoms with Crippen LogP contribution in [0.25, 0.3) is 0 Å². The number of halogens is 2. The van der Waals surface area contributed by atoms with Crippen molar-refractivity contribution in [3.8, 4) is 5.75 Å². The molecule has 0 radical (unpaired) electrons. The van der Waals surface area contributed by atoms with Crippen LogP contribution < -0.4 is 14.4 Å². The number of sulfonamides is 1. The second-order valence-corrected chi connectivity index (χ2v) is 12.7. The Labute approximate surface area is 258 Å². The van der Waals surface area contributed by atoms with Crippen molar-refractivity contribution in [3.63, 3.8) is 0 Å². The molecule has 0 spiro atoms. The SMILES string of the molecule is CCOc1ccc(N(CC(=O)N(Cc2ccc(Cl)cc2Cl)[C@H](Cc2ccccc2)C(=O)N[C@H](C)CC)S(C)(=O)=O)cc1. The molecule has 0 saturated heterocycles. The van der Waals surface area contributed by atoms with Gasteiger partial charge in [-0.1, -0.05) is 66.5 Å². The van der Waals surface area contributed by atoms with Crippen LogP contribution in [0.3, 0.4) is 0 Å². The van der Waals surface area contributed by atoms with Crippen LogP contribution in [0.2, 0.25) is 10.0 Å². The lowest BCUT2D eigenvalue weighted by molar-refractivity contribution is -0.140. The van der Waals surface area contributed by atoms with Crippen LogP contribution >= 0.6 is 23.2 Å². The molecule has 1 N–H and O–H groups in total. The van der Waals surface area contributed by atoms with Gasteiger partial charge in [0.1, 0.15) is 18.3 Å². The summed E-state index contributed by atoms with van der Waals surface area (Å²) in [5.41, 5.74) is 1.70. The van der Waals surface area contributed by atoms with Gasteiger partial charge in [0, 0.05) is 29.1 Å². The lowest BCUT2D eigenvalue weighted by atomic mass is 10.0. The van der Waals surface area contributed by atoms with Crippen LogP contribution in [0.4, 0.5) is 5.69 Å². The van der Waals surface area contributed by atoms with E-state index in [0.717, 1.165) is 16.1 Å². The second-order valence-electron chi connectivity index (χ2n) is 9.98. The number of hydrogen-bond acceptors (Lipinski definition) is 5. The van der Waals surface area contributed by atoms with Gasteiger partial charge in [-0.3, -0.25) is 13.9 Å². The minimum absolute atomic E-state index is 0.0405. The molecule has 2 atom stereocenters. The maximum atomic E-state index is 14.2. The first-order chi connectivity index (χ1) is 19.9. The first-order valence-corrected chi connectivity index (χ1v) is 16.3. The molecule has 2 amide bonds. The van der Waals surface area contributed by atoms with Crippen molar-refractivity contribution in [2.75, 3.05) is 23.7 Å². The summed E-state index contributed by atoms with van der Waals surface area (Å²) in [6.07, 6.45) is 1.94. The molecular weight excluding hydrogens is 597 g/mol. The molecule has 8 nitrogen and oxygen atoms in total. The number of benzene rings is 3. The predicted octanol–water partition coefficient (Wildman–Crippen LogP) is 5.71. The normalized spacial score (nSPS) is 12.7. The fourth-order valence-electron chi connectivity index (χ4n) is 4.32. The van der Waals surface area contributed by atoms with E-state index >= 15 is 0 Å². The van der Waals surface area contributed by atoms with Gasteiger partial charge in [-0.25, -0.2) is 8.42 Å². The van der Waals surface area contributed by atoms with E-state index in [9.17, 15) is 18.0 Å². The summed E-state index contributed by atoms with van der Waals surface area (Å²) >= 11 is 12.6. The summed E-state index contributed by atoms with van der Waals surface area (Å²) < 4.78 is 32.4. The van der Waals surface area contributed by atoms with Crippen LogP contribution in [0.1, 0.15) is 38.3 Å². The summed E-state index contributed by atoms with van der Waals surface area (Å²) in [4.78, 5) is 29.3. The lowest BCUT2D eigenvalue weighted by Crippen LogP contribution is -2.54. The van der Waals surface area contributed by atoms with Crippen LogP contribution in [0.5, 0.6) is 5.75 Å². The smallest absolute Gasteiger partial charge is 0.244 e. The monoisotopic (exact) mass is 633 g/mol. The summed E-state index contributed by atoms with van der Waals surface area (Å²) in [6, 6.07) is 19.6. The predicted molar refractivity (Wildman–Crippen MR) is 169 cm³/mol. The van der Waals surface area contributed by atoms with E-state index in [4.69, 9.17) is 27.9 Å². The van der Waals surface area contributed by atoms with Gasteiger partial charge in [-0.15, -0.1) is 0 Å². The van der Waals surface area contributed by atoms with Crippen molar-refractivity contribution < 1.29 is 22.7 Å². The number of rotatable bonds is 14. The molecule has 0 aliphatic heterocycles. The highest BCUT2D eigenvalue weighted by molar-refractivity contribution is 7.92. The van der Waals surface area contributed by atoms with Crippen molar-refractivity contribution in [1.29, 1.82) is 0 Å². The quantitative estimate of drug-likeness (QED) is 0.245. The molecule has 0 aliphatic rings. The van der Waals surface area contributed by atoms with E-state index in [-0.39, 0.29) is 24.9 Å². The van der Waals surface area contributed by atoms with E-state index in [2.05, 4.69) is 5.32 Å². The molecule has 0 unspecified atom stereocenters. The van der Waals surface area contributed by atoms with E-state index in [1.165, 1.54) is 4.90 Å². The number of amides is 2. The Bertz CT molecular complexity index is 1450. The maximum Gasteiger partial charge on any atom is 0.244 e. The number of ether oxygens (including phenoxy) is 1. The zero-order valence-electron chi connectivity index (χ0n) is 24.2. The minimum atomic E-state index is -3.89. The van der Waals surface area contributed by atoms with Gasteiger partial charge in [0.05, 0.1) is 18.6 Å². The zero-order valence-corrected chi connectivity index (χ0v) is 26.5. The van der Waals surface area contributed by atoms with Crippen molar-refractivity contribution >= 4 is 50.7 Å². The highest BCUT2D eigenvalue weighted by Crippen LogP contribution is 2.26. The molecule has 0 fully saturated rings. The Kier molecular flexibility index (Phi) is 12.1. The molecule has 3 rings (SSSR count). The molecular formula is C31H37Cl2N3O5S.